The zero-order chi connectivity index (χ0) is 24.1. The van der Waals surface area contributed by atoms with Crippen LogP contribution < -0.4 is 17.0 Å². The topological polar surface area (TPSA) is 118 Å². The Morgan fingerprint density at radius 2 is 1.76 bits per heavy atom. The van der Waals surface area contributed by atoms with E-state index >= 15 is 0 Å². The number of nitrogen functional groups attached to an aromatic ring is 1. The van der Waals surface area contributed by atoms with Gasteiger partial charge in [0.05, 0.1) is 5.75 Å². The predicted octanol–water partition coefficient (Wildman–Crippen LogP) is 3.13. The lowest BCUT2D eigenvalue weighted by Crippen LogP contribution is -2.41. The average Bonchev–Trinajstić information content (AvgIpc) is 3.21. The molecule has 2 N–H and O–H groups in total. The molecule has 0 saturated heterocycles. The number of anilines is 1. The van der Waals surface area contributed by atoms with Gasteiger partial charge in [0.25, 0.3) is 5.56 Å². The second kappa shape index (κ2) is 10.8. The van der Waals surface area contributed by atoms with Gasteiger partial charge in [0.15, 0.2) is 16.8 Å². The Balaban J connectivity index is 1.87. The summed E-state index contributed by atoms with van der Waals surface area (Å²) >= 11 is 7.21. The number of hydrogen-bond donors (Lipinski definition) is 1. The maximum Gasteiger partial charge on any atom is 0.332 e. The number of thioether (sulfide) groups is 1. The fourth-order valence-electron chi connectivity index (χ4n) is 3.43. The van der Waals surface area contributed by atoms with Gasteiger partial charge in [0, 0.05) is 31.2 Å². The SMILES string of the molecule is CCCCCCn1c(SCC(=O)c2c(N)n(C)c(=O)n(C)c2=O)nnc1-c1ccc(Cl)cc1. The molecule has 0 fully saturated rings. The molecule has 0 atom stereocenters. The van der Waals surface area contributed by atoms with E-state index in [1.807, 2.05) is 16.7 Å². The molecule has 9 nitrogen and oxygen atoms in total. The lowest BCUT2D eigenvalue weighted by Gasteiger charge is -2.12. The maximum atomic E-state index is 12.9. The van der Waals surface area contributed by atoms with Crippen LogP contribution in [0.5, 0.6) is 0 Å². The third-order valence-corrected chi connectivity index (χ3v) is 6.59. The average molecular weight is 491 g/mol. The molecule has 0 aliphatic heterocycles. The van der Waals surface area contributed by atoms with E-state index in [1.165, 1.54) is 25.9 Å². The smallest absolute Gasteiger partial charge is 0.332 e. The monoisotopic (exact) mass is 490 g/mol. The molecule has 2 aromatic heterocycles. The Labute approximate surface area is 200 Å². The van der Waals surface area contributed by atoms with Gasteiger partial charge in [-0.3, -0.25) is 18.7 Å². The first-order chi connectivity index (χ1) is 15.8. The number of benzene rings is 1. The number of halogens is 1. The summed E-state index contributed by atoms with van der Waals surface area (Å²) in [5.74, 6) is 0.0141. The first-order valence-corrected chi connectivity index (χ1v) is 12.0. The van der Waals surface area contributed by atoms with Crippen molar-refractivity contribution in [3.05, 3.63) is 55.7 Å². The third kappa shape index (κ3) is 5.39. The van der Waals surface area contributed by atoms with Gasteiger partial charge < -0.3 is 10.3 Å². The quantitative estimate of drug-likeness (QED) is 0.263. The van der Waals surface area contributed by atoms with Gasteiger partial charge in [-0.05, 0) is 30.7 Å². The number of hydrogen-bond acceptors (Lipinski definition) is 7. The molecule has 0 radical (unpaired) electrons. The van der Waals surface area contributed by atoms with Crippen LogP contribution in [0.1, 0.15) is 43.0 Å². The van der Waals surface area contributed by atoms with Crippen molar-refractivity contribution in [2.24, 2.45) is 14.1 Å². The van der Waals surface area contributed by atoms with Crippen molar-refractivity contribution in [3.8, 4) is 11.4 Å². The van der Waals surface area contributed by atoms with Crippen molar-refractivity contribution in [1.29, 1.82) is 0 Å². The minimum atomic E-state index is -0.705. The molecule has 0 unspecified atom stereocenters. The van der Waals surface area contributed by atoms with Gasteiger partial charge in [-0.25, -0.2) is 4.79 Å². The molecule has 0 spiro atoms. The molecule has 3 aromatic rings. The normalized spacial score (nSPS) is 11.2. The van der Waals surface area contributed by atoms with E-state index in [0.29, 0.717) is 22.5 Å². The van der Waals surface area contributed by atoms with Crippen molar-refractivity contribution in [1.82, 2.24) is 23.9 Å². The van der Waals surface area contributed by atoms with E-state index in [-0.39, 0.29) is 17.1 Å². The number of ketones is 1. The second-order valence-electron chi connectivity index (χ2n) is 7.70. The zero-order valence-electron chi connectivity index (χ0n) is 18.9. The molecule has 3 rings (SSSR count). The Kier molecular flexibility index (Phi) is 8.15. The van der Waals surface area contributed by atoms with E-state index < -0.39 is 17.0 Å². The van der Waals surface area contributed by atoms with Crippen LogP contribution in [0, 0.1) is 0 Å². The standard InChI is InChI=1S/C22H27ClN6O3S/c1-4-5-6-7-12-29-19(14-8-10-15(23)11-9-14)25-26-21(29)33-13-16(30)17-18(24)27(2)22(32)28(3)20(17)31/h8-11H,4-7,12-13,24H2,1-3H3. The second-order valence-corrected chi connectivity index (χ2v) is 9.08. The predicted molar refractivity (Wildman–Crippen MR) is 131 cm³/mol. The maximum absolute atomic E-state index is 12.9. The number of carbonyl (C=O) groups is 1. The number of Topliss-reactive ketones (excluding diaryl/α,β-unsaturated/α-hetero) is 1. The Morgan fingerprint density at radius 3 is 2.42 bits per heavy atom. The largest absolute Gasteiger partial charge is 0.384 e. The summed E-state index contributed by atoms with van der Waals surface area (Å²) in [4.78, 5) is 37.4. The van der Waals surface area contributed by atoms with Crippen LogP contribution in [0.2, 0.25) is 5.02 Å². The highest BCUT2D eigenvalue weighted by Crippen LogP contribution is 2.26. The Hall–Kier alpha value is -2.85. The number of carbonyl (C=O) groups excluding carboxylic acids is 1. The number of rotatable bonds is 10. The van der Waals surface area contributed by atoms with Crippen LogP contribution in [0.4, 0.5) is 5.82 Å². The molecule has 2 heterocycles. The molecule has 0 aliphatic rings. The fourth-order valence-corrected chi connectivity index (χ4v) is 4.39. The highest BCUT2D eigenvalue weighted by Gasteiger charge is 2.22. The summed E-state index contributed by atoms with van der Waals surface area (Å²) in [7, 11) is 2.74. The zero-order valence-corrected chi connectivity index (χ0v) is 20.4. The van der Waals surface area contributed by atoms with Crippen LogP contribution in [0.3, 0.4) is 0 Å². The Morgan fingerprint density at radius 1 is 1.06 bits per heavy atom. The van der Waals surface area contributed by atoms with Crippen molar-refractivity contribution in [3.63, 3.8) is 0 Å². The summed E-state index contributed by atoms with van der Waals surface area (Å²) < 4.78 is 3.95. The van der Waals surface area contributed by atoms with E-state index in [2.05, 4.69) is 17.1 Å². The number of unbranched alkanes of at least 4 members (excludes halogenated alkanes) is 3. The van der Waals surface area contributed by atoms with E-state index in [0.717, 1.165) is 40.4 Å². The van der Waals surface area contributed by atoms with E-state index in [4.69, 9.17) is 17.3 Å². The van der Waals surface area contributed by atoms with Gasteiger partial charge in [-0.15, -0.1) is 10.2 Å². The van der Waals surface area contributed by atoms with Crippen LogP contribution >= 0.6 is 23.4 Å². The number of nitrogens with two attached hydrogens (primary N) is 1. The van der Waals surface area contributed by atoms with Crippen molar-refractivity contribution < 1.29 is 4.79 Å². The highest BCUT2D eigenvalue weighted by molar-refractivity contribution is 7.99. The van der Waals surface area contributed by atoms with E-state index in [1.54, 1.807) is 12.1 Å². The fraction of sp³-hybridized carbons (Fsp3) is 0.409. The third-order valence-electron chi connectivity index (χ3n) is 5.38. The Bertz CT molecular complexity index is 1260. The highest BCUT2D eigenvalue weighted by atomic mass is 35.5. The van der Waals surface area contributed by atoms with E-state index in [9.17, 15) is 14.4 Å². The van der Waals surface area contributed by atoms with Crippen LogP contribution in [0.25, 0.3) is 11.4 Å². The summed E-state index contributed by atoms with van der Waals surface area (Å²) in [5.41, 5.74) is 5.30. The molecular weight excluding hydrogens is 464 g/mol. The van der Waals surface area contributed by atoms with Crippen molar-refractivity contribution >= 4 is 35.0 Å². The molecule has 11 heteroatoms. The van der Waals surface area contributed by atoms with Crippen LogP contribution in [0.15, 0.2) is 39.0 Å². The molecular formula is C22H27ClN6O3S. The number of aromatic nitrogens is 5. The molecule has 0 bridgehead atoms. The minimum Gasteiger partial charge on any atom is -0.384 e. The van der Waals surface area contributed by atoms with Gasteiger partial charge in [-0.1, -0.05) is 49.5 Å². The van der Waals surface area contributed by atoms with Crippen LogP contribution in [-0.2, 0) is 20.6 Å². The summed E-state index contributed by atoms with van der Waals surface area (Å²) in [6.45, 7) is 2.85. The van der Waals surface area contributed by atoms with Crippen molar-refractivity contribution in [2.45, 2.75) is 44.3 Å². The van der Waals surface area contributed by atoms with Gasteiger partial charge >= 0.3 is 5.69 Å². The molecule has 1 aromatic carbocycles. The molecule has 0 saturated carbocycles. The lowest BCUT2D eigenvalue weighted by atomic mass is 10.2. The molecule has 33 heavy (non-hydrogen) atoms. The van der Waals surface area contributed by atoms with Crippen molar-refractivity contribution in [2.75, 3.05) is 11.5 Å². The van der Waals surface area contributed by atoms with Gasteiger partial charge in [-0.2, -0.15) is 0 Å². The first kappa shape index (κ1) is 24.8. The summed E-state index contributed by atoms with van der Waals surface area (Å²) in [5, 5.41) is 9.84. The minimum absolute atomic E-state index is 0.0641. The lowest BCUT2D eigenvalue weighted by molar-refractivity contribution is 0.102. The van der Waals surface area contributed by atoms with Crippen LogP contribution in [-0.4, -0.2) is 35.4 Å². The molecule has 176 valence electrons. The first-order valence-electron chi connectivity index (χ1n) is 10.7. The molecule has 0 aliphatic carbocycles. The number of nitrogens with zero attached hydrogens (tertiary/aromatic N) is 5. The molecule has 0 amide bonds. The van der Waals surface area contributed by atoms with Gasteiger partial charge in [0.1, 0.15) is 11.4 Å². The summed E-state index contributed by atoms with van der Waals surface area (Å²) in [6, 6.07) is 7.34. The van der Waals surface area contributed by atoms with Gasteiger partial charge in [0.2, 0.25) is 0 Å². The summed E-state index contributed by atoms with van der Waals surface area (Å²) in [6.07, 6.45) is 4.28.